The summed E-state index contributed by atoms with van der Waals surface area (Å²) in [6.07, 6.45) is 3.50. The minimum atomic E-state index is -0.130. The van der Waals surface area contributed by atoms with Gasteiger partial charge in [0, 0.05) is 18.0 Å². The summed E-state index contributed by atoms with van der Waals surface area (Å²) in [6.45, 7) is 0.641. The minimum Gasteiger partial charge on any atom is -0.493 e. The highest BCUT2D eigenvalue weighted by atomic mass is 16.7. The molecule has 0 saturated heterocycles. The third kappa shape index (κ3) is 3.02. The number of nitrogens with zero attached hydrogens (tertiary/aromatic N) is 3. The van der Waals surface area contributed by atoms with Crippen LogP contribution in [0.2, 0.25) is 0 Å². The van der Waals surface area contributed by atoms with Crippen LogP contribution in [-0.4, -0.2) is 35.2 Å². The number of aromatic nitrogens is 3. The summed E-state index contributed by atoms with van der Waals surface area (Å²) < 4.78 is 24.7. The number of rotatable bonds is 5. The van der Waals surface area contributed by atoms with E-state index in [1.54, 1.807) is 41.8 Å². The second kappa shape index (κ2) is 7.14. The summed E-state index contributed by atoms with van der Waals surface area (Å²) in [5.41, 5.74) is 2.81. The minimum absolute atomic E-state index is 0.130. The average molecular weight is 405 g/mol. The van der Waals surface area contributed by atoms with E-state index in [-0.39, 0.29) is 12.4 Å². The van der Waals surface area contributed by atoms with Gasteiger partial charge >= 0.3 is 0 Å². The largest absolute Gasteiger partial charge is 0.493 e. The van der Waals surface area contributed by atoms with Crippen LogP contribution in [0, 0.1) is 0 Å². The molecule has 4 aromatic rings. The predicted molar refractivity (Wildman–Crippen MR) is 110 cm³/mol. The van der Waals surface area contributed by atoms with Gasteiger partial charge in [0.25, 0.3) is 5.56 Å². The molecule has 8 nitrogen and oxygen atoms in total. The van der Waals surface area contributed by atoms with E-state index in [1.807, 2.05) is 36.4 Å². The van der Waals surface area contributed by atoms with Crippen LogP contribution >= 0.6 is 0 Å². The SMILES string of the molecule is COc1ccc(-c2cc3c(=O)n(Cc4ccc5c(c4)OCO5)ccn3n2)cc1OC. The lowest BCUT2D eigenvalue weighted by Crippen LogP contribution is -2.21. The van der Waals surface area contributed by atoms with Gasteiger partial charge in [0.15, 0.2) is 23.0 Å². The van der Waals surface area contributed by atoms with Gasteiger partial charge < -0.3 is 23.5 Å². The smallest absolute Gasteiger partial charge is 0.276 e. The van der Waals surface area contributed by atoms with Gasteiger partial charge in [-0.3, -0.25) is 4.79 Å². The van der Waals surface area contributed by atoms with E-state index in [4.69, 9.17) is 18.9 Å². The monoisotopic (exact) mass is 405 g/mol. The van der Waals surface area contributed by atoms with Crippen molar-refractivity contribution in [3.8, 4) is 34.3 Å². The Balaban J connectivity index is 1.50. The maximum absolute atomic E-state index is 13.0. The summed E-state index contributed by atoms with van der Waals surface area (Å²) in [7, 11) is 3.17. The molecule has 0 spiro atoms. The molecule has 0 radical (unpaired) electrons. The van der Waals surface area contributed by atoms with Crippen LogP contribution in [0.5, 0.6) is 23.0 Å². The molecule has 0 bridgehead atoms. The number of hydrogen-bond acceptors (Lipinski definition) is 6. The van der Waals surface area contributed by atoms with Crippen molar-refractivity contribution >= 4 is 5.52 Å². The zero-order chi connectivity index (χ0) is 20.7. The lowest BCUT2D eigenvalue weighted by molar-refractivity contribution is 0.174. The molecular formula is C22H19N3O5. The Hall–Kier alpha value is -3.94. The molecule has 152 valence electrons. The Morgan fingerprint density at radius 2 is 1.80 bits per heavy atom. The van der Waals surface area contributed by atoms with Gasteiger partial charge in [-0.25, -0.2) is 4.52 Å². The first kappa shape index (κ1) is 18.1. The Morgan fingerprint density at radius 3 is 2.63 bits per heavy atom. The van der Waals surface area contributed by atoms with Crippen LogP contribution < -0.4 is 24.5 Å². The molecule has 0 N–H and O–H groups in total. The zero-order valence-electron chi connectivity index (χ0n) is 16.5. The molecule has 0 fully saturated rings. The first-order chi connectivity index (χ1) is 14.7. The van der Waals surface area contributed by atoms with Gasteiger partial charge in [-0.15, -0.1) is 0 Å². The van der Waals surface area contributed by atoms with E-state index in [2.05, 4.69) is 5.10 Å². The quantitative estimate of drug-likeness (QED) is 0.508. The molecule has 0 amide bonds. The Labute approximate surface area is 171 Å². The normalized spacial score (nSPS) is 12.3. The molecule has 0 atom stereocenters. The fraction of sp³-hybridized carbons (Fsp3) is 0.182. The summed E-state index contributed by atoms with van der Waals surface area (Å²) in [4.78, 5) is 13.0. The highest BCUT2D eigenvalue weighted by Gasteiger charge is 2.15. The van der Waals surface area contributed by atoms with Crippen molar-refractivity contribution in [2.75, 3.05) is 21.0 Å². The van der Waals surface area contributed by atoms with Gasteiger partial charge in [0.05, 0.1) is 26.5 Å². The number of ether oxygens (including phenoxy) is 4. The summed E-state index contributed by atoms with van der Waals surface area (Å²) in [6, 6.07) is 13.0. The predicted octanol–water partition coefficient (Wildman–Crippen LogP) is 2.96. The number of methoxy groups -OCH3 is 2. The molecule has 30 heavy (non-hydrogen) atoms. The van der Waals surface area contributed by atoms with Crippen LogP contribution in [0.3, 0.4) is 0 Å². The van der Waals surface area contributed by atoms with E-state index in [0.717, 1.165) is 16.9 Å². The zero-order valence-corrected chi connectivity index (χ0v) is 16.5. The molecule has 0 unspecified atom stereocenters. The summed E-state index contributed by atoms with van der Waals surface area (Å²) in [5, 5.41) is 4.54. The third-order valence-electron chi connectivity index (χ3n) is 5.07. The first-order valence-corrected chi connectivity index (χ1v) is 9.36. The molecule has 8 heteroatoms. The van der Waals surface area contributed by atoms with E-state index in [9.17, 15) is 4.79 Å². The van der Waals surface area contributed by atoms with Crippen LogP contribution in [0.4, 0.5) is 0 Å². The second-order valence-corrected chi connectivity index (χ2v) is 6.85. The Morgan fingerprint density at radius 1 is 0.967 bits per heavy atom. The molecule has 0 aliphatic carbocycles. The van der Waals surface area contributed by atoms with E-state index < -0.39 is 0 Å². The van der Waals surface area contributed by atoms with Crippen molar-refractivity contribution in [2.45, 2.75) is 6.54 Å². The third-order valence-corrected chi connectivity index (χ3v) is 5.07. The standard InChI is InChI=1S/C22H19N3O5/c1-27-18-6-4-15(10-20(18)28-2)16-11-17-22(26)24(7-8-25(17)23-16)12-14-3-5-19-21(9-14)30-13-29-19/h3-11H,12-13H2,1-2H3. The maximum atomic E-state index is 13.0. The van der Waals surface area contributed by atoms with Gasteiger partial charge in [0.1, 0.15) is 5.52 Å². The number of benzene rings is 2. The van der Waals surface area contributed by atoms with E-state index in [0.29, 0.717) is 35.0 Å². The first-order valence-electron chi connectivity index (χ1n) is 9.36. The van der Waals surface area contributed by atoms with Crippen LogP contribution in [0.25, 0.3) is 16.8 Å². The molecule has 5 rings (SSSR count). The van der Waals surface area contributed by atoms with Gasteiger partial charge in [0.2, 0.25) is 6.79 Å². The highest BCUT2D eigenvalue weighted by Crippen LogP contribution is 2.33. The van der Waals surface area contributed by atoms with Crippen molar-refractivity contribution in [3.63, 3.8) is 0 Å². The Kier molecular flexibility index (Phi) is 4.31. The van der Waals surface area contributed by atoms with Crippen LogP contribution in [0.1, 0.15) is 5.56 Å². The van der Waals surface area contributed by atoms with Crippen molar-refractivity contribution in [1.29, 1.82) is 0 Å². The fourth-order valence-corrected chi connectivity index (χ4v) is 3.52. The van der Waals surface area contributed by atoms with Crippen LogP contribution in [-0.2, 0) is 6.54 Å². The van der Waals surface area contributed by atoms with Crippen molar-refractivity contribution in [3.05, 3.63) is 70.8 Å². The average Bonchev–Trinajstić information content (AvgIpc) is 3.42. The van der Waals surface area contributed by atoms with Crippen molar-refractivity contribution in [1.82, 2.24) is 14.2 Å². The molecule has 1 aliphatic rings. The lowest BCUT2D eigenvalue weighted by atomic mass is 10.1. The van der Waals surface area contributed by atoms with E-state index in [1.165, 1.54) is 0 Å². The number of hydrogen-bond donors (Lipinski definition) is 0. The maximum Gasteiger partial charge on any atom is 0.276 e. The summed E-state index contributed by atoms with van der Waals surface area (Å²) in [5.74, 6) is 2.65. The second-order valence-electron chi connectivity index (χ2n) is 6.85. The van der Waals surface area contributed by atoms with Crippen molar-refractivity contribution in [2.24, 2.45) is 0 Å². The van der Waals surface area contributed by atoms with Gasteiger partial charge in [-0.05, 0) is 42.0 Å². The van der Waals surface area contributed by atoms with E-state index >= 15 is 0 Å². The topological polar surface area (TPSA) is 76.2 Å². The fourth-order valence-electron chi connectivity index (χ4n) is 3.52. The van der Waals surface area contributed by atoms with Gasteiger partial charge in [-0.2, -0.15) is 5.10 Å². The van der Waals surface area contributed by atoms with Gasteiger partial charge in [-0.1, -0.05) is 6.07 Å². The molecule has 2 aromatic heterocycles. The Bertz CT molecular complexity index is 1310. The van der Waals surface area contributed by atoms with Crippen LogP contribution in [0.15, 0.2) is 59.7 Å². The van der Waals surface area contributed by atoms with Crippen molar-refractivity contribution < 1.29 is 18.9 Å². The number of fused-ring (bicyclic) bond motifs is 2. The molecular weight excluding hydrogens is 386 g/mol. The molecule has 0 saturated carbocycles. The molecule has 1 aliphatic heterocycles. The lowest BCUT2D eigenvalue weighted by Gasteiger charge is -2.08. The molecule has 3 heterocycles. The summed E-state index contributed by atoms with van der Waals surface area (Å²) >= 11 is 0. The highest BCUT2D eigenvalue weighted by molar-refractivity contribution is 5.68. The molecule has 2 aromatic carbocycles.